The molecule has 0 aliphatic carbocycles. The molecule has 5 nitrogen and oxygen atoms in total. The molecule has 0 aliphatic heterocycles. The van der Waals surface area contributed by atoms with Gasteiger partial charge in [-0.25, -0.2) is 0 Å². The lowest BCUT2D eigenvalue weighted by Gasteiger charge is -2.11. The average molecular weight is 197 g/mol. The molecule has 0 N–H and O–H groups in total. The van der Waals surface area contributed by atoms with Gasteiger partial charge in [-0.15, -0.1) is 0 Å². The summed E-state index contributed by atoms with van der Waals surface area (Å²) in [6.45, 7) is 1.74. The van der Waals surface area contributed by atoms with Gasteiger partial charge >= 0.3 is 0 Å². The van der Waals surface area contributed by atoms with Gasteiger partial charge in [-0.05, 0) is 19.1 Å². The molecule has 1 rings (SSSR count). The van der Waals surface area contributed by atoms with Gasteiger partial charge < -0.3 is 9.47 Å². The van der Waals surface area contributed by atoms with Crippen LogP contribution in [-0.2, 0) is 4.74 Å². The van der Waals surface area contributed by atoms with Crippen molar-refractivity contribution in [2.45, 2.75) is 13.2 Å². The molecule has 0 spiro atoms. The lowest BCUT2D eigenvalue weighted by molar-refractivity contribution is -0.384. The van der Waals surface area contributed by atoms with Crippen LogP contribution in [-0.4, -0.2) is 18.3 Å². The van der Waals surface area contributed by atoms with Gasteiger partial charge in [0.25, 0.3) is 5.69 Å². The molecule has 1 aromatic carbocycles. The quantitative estimate of drug-likeness (QED) is 0.420. The highest BCUT2D eigenvalue weighted by Gasteiger charge is 2.06. The molecular weight excluding hydrogens is 186 g/mol. The van der Waals surface area contributed by atoms with Crippen LogP contribution >= 0.6 is 0 Å². The van der Waals surface area contributed by atoms with E-state index in [0.29, 0.717) is 5.75 Å². The van der Waals surface area contributed by atoms with E-state index in [1.807, 2.05) is 0 Å². The van der Waals surface area contributed by atoms with Crippen LogP contribution in [0.15, 0.2) is 24.3 Å². The summed E-state index contributed by atoms with van der Waals surface area (Å²) in [6, 6.07) is 5.84. The summed E-state index contributed by atoms with van der Waals surface area (Å²) < 4.78 is 10.1. The van der Waals surface area contributed by atoms with Crippen molar-refractivity contribution in [1.29, 1.82) is 0 Å². The number of benzene rings is 1. The van der Waals surface area contributed by atoms with Gasteiger partial charge in [0.05, 0.1) is 4.92 Å². The van der Waals surface area contributed by atoms with Crippen molar-refractivity contribution in [1.82, 2.24) is 0 Å². The molecule has 1 atom stereocenters. The lowest BCUT2D eigenvalue weighted by Crippen LogP contribution is -2.13. The SMILES string of the molecule is COC(C)Oc1ccc([N+](=O)[O-])cc1. The lowest BCUT2D eigenvalue weighted by atomic mass is 10.3. The Balaban J connectivity index is 2.68. The number of ether oxygens (including phenoxy) is 2. The minimum Gasteiger partial charge on any atom is -0.465 e. The van der Waals surface area contributed by atoms with Crippen LogP contribution in [0.2, 0.25) is 0 Å². The van der Waals surface area contributed by atoms with Gasteiger partial charge in [-0.3, -0.25) is 10.1 Å². The Morgan fingerprint density at radius 3 is 2.36 bits per heavy atom. The Kier molecular flexibility index (Phi) is 3.41. The average Bonchev–Trinajstić information content (AvgIpc) is 2.18. The third-order valence-corrected chi connectivity index (χ3v) is 1.68. The number of nitro benzene ring substituents is 1. The zero-order valence-corrected chi connectivity index (χ0v) is 7.97. The second-order valence-electron chi connectivity index (χ2n) is 2.67. The number of hydrogen-bond acceptors (Lipinski definition) is 4. The summed E-state index contributed by atoms with van der Waals surface area (Å²) >= 11 is 0. The third kappa shape index (κ3) is 2.70. The fraction of sp³-hybridized carbons (Fsp3) is 0.333. The third-order valence-electron chi connectivity index (χ3n) is 1.68. The van der Waals surface area contributed by atoms with E-state index in [-0.39, 0.29) is 12.0 Å². The maximum Gasteiger partial charge on any atom is 0.269 e. The van der Waals surface area contributed by atoms with Crippen molar-refractivity contribution in [3.05, 3.63) is 34.4 Å². The van der Waals surface area contributed by atoms with Crippen LogP contribution < -0.4 is 4.74 Å². The highest BCUT2D eigenvalue weighted by molar-refractivity contribution is 5.35. The van der Waals surface area contributed by atoms with E-state index >= 15 is 0 Å². The number of hydrogen-bond donors (Lipinski definition) is 0. The smallest absolute Gasteiger partial charge is 0.269 e. The van der Waals surface area contributed by atoms with Gasteiger partial charge in [0.15, 0.2) is 6.29 Å². The van der Waals surface area contributed by atoms with E-state index in [2.05, 4.69) is 0 Å². The molecule has 1 unspecified atom stereocenters. The Bertz CT molecular complexity index is 309. The fourth-order valence-electron chi connectivity index (χ4n) is 0.886. The first-order valence-corrected chi connectivity index (χ1v) is 4.07. The fourth-order valence-corrected chi connectivity index (χ4v) is 0.886. The molecule has 0 saturated heterocycles. The van der Waals surface area contributed by atoms with Crippen molar-refractivity contribution >= 4 is 5.69 Å². The molecule has 0 aromatic heterocycles. The highest BCUT2D eigenvalue weighted by atomic mass is 16.7. The van der Waals surface area contributed by atoms with Gasteiger partial charge in [-0.1, -0.05) is 0 Å². The van der Waals surface area contributed by atoms with E-state index in [9.17, 15) is 10.1 Å². The van der Waals surface area contributed by atoms with Crippen LogP contribution in [0, 0.1) is 10.1 Å². The molecule has 0 amide bonds. The van der Waals surface area contributed by atoms with Crippen LogP contribution in [0.1, 0.15) is 6.92 Å². The minimum atomic E-state index is -0.455. The molecule has 76 valence electrons. The number of nitro groups is 1. The van der Waals surface area contributed by atoms with Crippen molar-refractivity contribution < 1.29 is 14.4 Å². The van der Waals surface area contributed by atoms with Crippen molar-refractivity contribution in [2.75, 3.05) is 7.11 Å². The van der Waals surface area contributed by atoms with Gasteiger partial charge in [-0.2, -0.15) is 0 Å². The Hall–Kier alpha value is -1.62. The van der Waals surface area contributed by atoms with Crippen LogP contribution in [0.25, 0.3) is 0 Å². The summed E-state index contributed by atoms with van der Waals surface area (Å²) in [6.07, 6.45) is -0.364. The molecule has 1 aromatic rings. The highest BCUT2D eigenvalue weighted by Crippen LogP contribution is 2.18. The maximum atomic E-state index is 10.3. The molecule has 14 heavy (non-hydrogen) atoms. The summed E-state index contributed by atoms with van der Waals surface area (Å²) in [7, 11) is 1.52. The standard InChI is InChI=1S/C9H11NO4/c1-7(13-2)14-9-5-3-8(4-6-9)10(11)12/h3-7H,1-2H3. The van der Waals surface area contributed by atoms with E-state index in [1.165, 1.54) is 31.4 Å². The van der Waals surface area contributed by atoms with E-state index < -0.39 is 4.92 Å². The first-order valence-electron chi connectivity index (χ1n) is 4.07. The summed E-state index contributed by atoms with van der Waals surface area (Å²) in [4.78, 5) is 9.88. The zero-order chi connectivity index (χ0) is 10.6. The first-order chi connectivity index (χ1) is 6.63. The Morgan fingerprint density at radius 2 is 1.93 bits per heavy atom. The number of methoxy groups -OCH3 is 1. The Labute approximate surface area is 81.4 Å². The van der Waals surface area contributed by atoms with Crippen molar-refractivity contribution in [2.24, 2.45) is 0 Å². The summed E-state index contributed by atoms with van der Waals surface area (Å²) in [5.41, 5.74) is 0.0439. The van der Waals surface area contributed by atoms with Crippen LogP contribution in [0.5, 0.6) is 5.75 Å². The van der Waals surface area contributed by atoms with Gasteiger partial charge in [0, 0.05) is 19.2 Å². The molecule has 0 bridgehead atoms. The van der Waals surface area contributed by atoms with Crippen molar-refractivity contribution in [3.8, 4) is 5.75 Å². The molecule has 5 heteroatoms. The number of non-ortho nitro benzene ring substituents is 1. The van der Waals surface area contributed by atoms with Crippen LogP contribution in [0.4, 0.5) is 5.69 Å². The number of nitrogens with zero attached hydrogens (tertiary/aromatic N) is 1. The molecule has 0 radical (unpaired) electrons. The molecule has 0 heterocycles. The largest absolute Gasteiger partial charge is 0.465 e. The van der Waals surface area contributed by atoms with E-state index in [0.717, 1.165) is 0 Å². The monoisotopic (exact) mass is 197 g/mol. The summed E-state index contributed by atoms with van der Waals surface area (Å²) in [5.74, 6) is 0.546. The maximum absolute atomic E-state index is 10.3. The summed E-state index contributed by atoms with van der Waals surface area (Å²) in [5, 5.41) is 10.3. The van der Waals surface area contributed by atoms with Crippen LogP contribution in [0.3, 0.4) is 0 Å². The molecule has 0 aliphatic rings. The first kappa shape index (κ1) is 10.5. The molecule has 0 saturated carbocycles. The van der Waals surface area contributed by atoms with E-state index in [1.54, 1.807) is 6.92 Å². The second-order valence-corrected chi connectivity index (χ2v) is 2.67. The normalized spacial score (nSPS) is 12.1. The number of rotatable bonds is 4. The van der Waals surface area contributed by atoms with Gasteiger partial charge in [0.1, 0.15) is 5.75 Å². The topological polar surface area (TPSA) is 61.6 Å². The molecular formula is C9H11NO4. The van der Waals surface area contributed by atoms with E-state index in [4.69, 9.17) is 9.47 Å². The second kappa shape index (κ2) is 4.57. The molecule has 0 fully saturated rings. The van der Waals surface area contributed by atoms with Crippen molar-refractivity contribution in [3.63, 3.8) is 0 Å². The minimum absolute atomic E-state index is 0.0439. The van der Waals surface area contributed by atoms with Gasteiger partial charge in [0.2, 0.25) is 0 Å². The Morgan fingerprint density at radius 1 is 1.36 bits per heavy atom. The predicted octanol–water partition coefficient (Wildman–Crippen LogP) is 1.97. The zero-order valence-electron chi connectivity index (χ0n) is 7.97. The predicted molar refractivity (Wildman–Crippen MR) is 50.2 cm³/mol.